The van der Waals surface area contributed by atoms with Crippen molar-refractivity contribution in [2.24, 2.45) is 0 Å². The number of fused-ring (bicyclic) bond motifs is 3. The molecular formula is C25H19F2N3O. The highest BCUT2D eigenvalue weighted by molar-refractivity contribution is 5.90. The first-order valence-electron chi connectivity index (χ1n) is 9.94. The third-order valence-corrected chi connectivity index (χ3v) is 5.51. The summed E-state index contributed by atoms with van der Waals surface area (Å²) in [6.45, 7) is 0.354. The van der Waals surface area contributed by atoms with Gasteiger partial charge in [0.15, 0.2) is 0 Å². The molecule has 1 aliphatic heterocycles. The van der Waals surface area contributed by atoms with E-state index in [4.69, 9.17) is 0 Å². The Bertz CT molecular complexity index is 1230. The fraction of sp³-hybridized carbons (Fsp3) is 0.0800. The number of benzene rings is 3. The summed E-state index contributed by atoms with van der Waals surface area (Å²) in [4.78, 5) is 15.2. The van der Waals surface area contributed by atoms with Crippen molar-refractivity contribution in [2.75, 3.05) is 5.32 Å². The Labute approximate surface area is 178 Å². The second-order valence-corrected chi connectivity index (χ2v) is 7.45. The summed E-state index contributed by atoms with van der Waals surface area (Å²) in [5.74, 6) is -0.706. The number of carbonyl (C=O) groups is 1. The van der Waals surface area contributed by atoms with E-state index >= 15 is 0 Å². The highest BCUT2D eigenvalue weighted by Gasteiger charge is 2.33. The number of para-hydroxylation sites is 1. The Morgan fingerprint density at radius 1 is 0.839 bits per heavy atom. The van der Waals surface area contributed by atoms with Crippen LogP contribution in [0.4, 0.5) is 19.3 Å². The summed E-state index contributed by atoms with van der Waals surface area (Å²) in [5, 5.41) is 2.87. The number of rotatable bonds is 2. The van der Waals surface area contributed by atoms with E-state index in [1.807, 2.05) is 42.6 Å². The molecule has 2 heterocycles. The lowest BCUT2D eigenvalue weighted by molar-refractivity contribution is 0.194. The summed E-state index contributed by atoms with van der Waals surface area (Å²) in [7, 11) is 0. The van der Waals surface area contributed by atoms with Crippen LogP contribution in [-0.2, 0) is 6.54 Å². The van der Waals surface area contributed by atoms with Gasteiger partial charge >= 0.3 is 6.03 Å². The van der Waals surface area contributed by atoms with Gasteiger partial charge in [-0.2, -0.15) is 0 Å². The molecular weight excluding hydrogens is 396 g/mol. The molecule has 1 N–H and O–H groups in total. The molecule has 6 heteroatoms. The lowest BCUT2D eigenvalue weighted by atomic mass is 10.0. The Balaban J connectivity index is 1.62. The zero-order valence-corrected chi connectivity index (χ0v) is 16.5. The number of aromatic nitrogens is 1. The molecule has 2 amide bonds. The summed E-state index contributed by atoms with van der Waals surface area (Å²) in [6.07, 6.45) is 1.96. The van der Waals surface area contributed by atoms with Crippen LogP contribution < -0.4 is 5.32 Å². The molecule has 154 valence electrons. The number of hydrogen-bond donors (Lipinski definition) is 1. The van der Waals surface area contributed by atoms with E-state index < -0.39 is 6.04 Å². The van der Waals surface area contributed by atoms with Gasteiger partial charge in [-0.3, -0.25) is 0 Å². The Hall–Kier alpha value is -3.93. The van der Waals surface area contributed by atoms with Gasteiger partial charge < -0.3 is 14.8 Å². The SMILES string of the molecule is O=C(Nc1ccc(F)cc1)N1Cc2ccccc2-n2cccc2[C@H]1c1ccc(F)cc1. The average molecular weight is 415 g/mol. The molecule has 4 aromatic rings. The predicted molar refractivity (Wildman–Crippen MR) is 115 cm³/mol. The zero-order chi connectivity index (χ0) is 21.4. The lowest BCUT2D eigenvalue weighted by Gasteiger charge is -2.31. The maximum absolute atomic E-state index is 13.6. The molecule has 5 rings (SSSR count). The van der Waals surface area contributed by atoms with E-state index in [-0.39, 0.29) is 17.7 Å². The number of carbonyl (C=O) groups excluding carboxylic acids is 1. The minimum atomic E-state index is -0.441. The van der Waals surface area contributed by atoms with Crippen LogP contribution >= 0.6 is 0 Å². The fourth-order valence-electron chi connectivity index (χ4n) is 4.06. The number of nitrogens with one attached hydrogen (secondary N) is 1. The van der Waals surface area contributed by atoms with E-state index in [0.717, 1.165) is 22.5 Å². The molecule has 4 nitrogen and oxygen atoms in total. The number of anilines is 1. The molecule has 1 aromatic heterocycles. The second-order valence-electron chi connectivity index (χ2n) is 7.45. The van der Waals surface area contributed by atoms with E-state index in [2.05, 4.69) is 9.88 Å². The first-order valence-corrected chi connectivity index (χ1v) is 9.94. The van der Waals surface area contributed by atoms with Gasteiger partial charge in [-0.1, -0.05) is 30.3 Å². The van der Waals surface area contributed by atoms with E-state index in [9.17, 15) is 13.6 Å². The van der Waals surface area contributed by atoms with Crippen LogP contribution in [-0.4, -0.2) is 15.5 Å². The van der Waals surface area contributed by atoms with Crippen LogP contribution in [0.15, 0.2) is 91.1 Å². The van der Waals surface area contributed by atoms with E-state index in [0.29, 0.717) is 12.2 Å². The van der Waals surface area contributed by atoms with Crippen LogP contribution in [0.25, 0.3) is 5.69 Å². The summed E-state index contributed by atoms with van der Waals surface area (Å²) < 4.78 is 29.0. The molecule has 0 fully saturated rings. The van der Waals surface area contributed by atoms with Crippen molar-refractivity contribution in [3.8, 4) is 5.69 Å². The highest BCUT2D eigenvalue weighted by atomic mass is 19.1. The van der Waals surface area contributed by atoms with Crippen LogP contribution in [0.3, 0.4) is 0 Å². The second kappa shape index (κ2) is 7.72. The first-order chi connectivity index (χ1) is 15.1. The molecule has 0 saturated heterocycles. The minimum Gasteiger partial charge on any atom is -0.318 e. The largest absolute Gasteiger partial charge is 0.322 e. The molecule has 0 radical (unpaired) electrons. The Morgan fingerprint density at radius 3 is 2.26 bits per heavy atom. The average Bonchev–Trinajstić information content (AvgIpc) is 3.20. The maximum atomic E-state index is 13.6. The Kier molecular flexibility index (Phi) is 4.75. The fourth-order valence-corrected chi connectivity index (χ4v) is 4.06. The van der Waals surface area contributed by atoms with Gasteiger partial charge in [0, 0.05) is 17.6 Å². The van der Waals surface area contributed by atoms with Crippen LogP contribution in [0, 0.1) is 11.6 Å². The van der Waals surface area contributed by atoms with Crippen molar-refractivity contribution in [2.45, 2.75) is 12.6 Å². The van der Waals surface area contributed by atoms with Crippen molar-refractivity contribution >= 4 is 11.7 Å². The minimum absolute atomic E-state index is 0.328. The van der Waals surface area contributed by atoms with Gasteiger partial charge in [0.05, 0.1) is 18.3 Å². The number of urea groups is 1. The molecule has 1 atom stereocenters. The standard InChI is InChI=1S/C25H19F2N3O/c26-19-9-7-17(8-10-19)24-23-6-3-15-29(23)22-5-2-1-4-18(22)16-30(24)25(31)28-21-13-11-20(27)12-14-21/h1-15,24H,16H2,(H,28,31)/t24-/m1/s1. The van der Waals surface area contributed by atoms with Gasteiger partial charge in [-0.15, -0.1) is 0 Å². The number of hydrogen-bond acceptors (Lipinski definition) is 1. The van der Waals surface area contributed by atoms with Crippen molar-refractivity contribution < 1.29 is 13.6 Å². The topological polar surface area (TPSA) is 37.3 Å². The van der Waals surface area contributed by atoms with E-state index in [1.165, 1.54) is 36.4 Å². The molecule has 0 spiro atoms. The van der Waals surface area contributed by atoms with Gasteiger partial charge in [0.25, 0.3) is 0 Å². The molecule has 3 aromatic carbocycles. The van der Waals surface area contributed by atoms with E-state index in [1.54, 1.807) is 17.0 Å². The van der Waals surface area contributed by atoms with Gasteiger partial charge in [0.2, 0.25) is 0 Å². The third kappa shape index (κ3) is 3.57. The monoisotopic (exact) mass is 415 g/mol. The smallest absolute Gasteiger partial charge is 0.318 e. The highest BCUT2D eigenvalue weighted by Crippen LogP contribution is 2.37. The maximum Gasteiger partial charge on any atom is 0.322 e. The molecule has 31 heavy (non-hydrogen) atoms. The van der Waals surface area contributed by atoms with Crippen LogP contribution in [0.1, 0.15) is 22.9 Å². The summed E-state index contributed by atoms with van der Waals surface area (Å²) >= 11 is 0. The number of amides is 2. The zero-order valence-electron chi connectivity index (χ0n) is 16.5. The van der Waals surface area contributed by atoms with Gasteiger partial charge in [-0.05, 0) is 65.7 Å². The number of halogens is 2. The van der Waals surface area contributed by atoms with Crippen molar-refractivity contribution in [3.63, 3.8) is 0 Å². The molecule has 0 bridgehead atoms. The third-order valence-electron chi connectivity index (χ3n) is 5.51. The summed E-state index contributed by atoms with van der Waals surface area (Å²) in [6, 6.07) is 22.9. The van der Waals surface area contributed by atoms with Crippen LogP contribution in [0.2, 0.25) is 0 Å². The van der Waals surface area contributed by atoms with Gasteiger partial charge in [0.1, 0.15) is 11.6 Å². The van der Waals surface area contributed by atoms with Crippen molar-refractivity contribution in [3.05, 3.63) is 120 Å². The van der Waals surface area contributed by atoms with Gasteiger partial charge in [-0.25, -0.2) is 13.6 Å². The molecule has 0 aliphatic carbocycles. The molecule has 0 unspecified atom stereocenters. The van der Waals surface area contributed by atoms with Crippen molar-refractivity contribution in [1.29, 1.82) is 0 Å². The van der Waals surface area contributed by atoms with Crippen molar-refractivity contribution in [1.82, 2.24) is 9.47 Å². The normalized spacial score (nSPS) is 15.0. The lowest BCUT2D eigenvalue weighted by Crippen LogP contribution is -2.37. The van der Waals surface area contributed by atoms with Crippen LogP contribution in [0.5, 0.6) is 0 Å². The number of nitrogens with zero attached hydrogens (tertiary/aromatic N) is 2. The quantitative estimate of drug-likeness (QED) is 0.435. The molecule has 0 saturated carbocycles. The summed E-state index contributed by atoms with van der Waals surface area (Å²) in [5.41, 5.74) is 4.16. The Morgan fingerprint density at radius 2 is 1.52 bits per heavy atom. The first kappa shape index (κ1) is 19.1. The predicted octanol–water partition coefficient (Wildman–Crippen LogP) is 5.89. The molecule has 1 aliphatic rings.